The van der Waals surface area contributed by atoms with Crippen LogP contribution < -0.4 is 29.6 Å². The molecule has 2 N–H and O–H groups in total. The fourth-order valence-electron chi connectivity index (χ4n) is 4.69. The maximum Gasteiger partial charge on any atom is 1.00 e. The van der Waals surface area contributed by atoms with Gasteiger partial charge in [0.2, 0.25) is 0 Å². The van der Waals surface area contributed by atoms with Crippen LogP contribution in [0.15, 0.2) is 24.3 Å². The molecule has 0 aliphatic carbocycles. The summed E-state index contributed by atoms with van der Waals surface area (Å²) in [7, 11) is 0. The number of carboxylic acid groups (broad SMARTS) is 2. The Morgan fingerprint density at radius 2 is 0.634 bits per heavy atom. The van der Waals surface area contributed by atoms with Gasteiger partial charge in [0.25, 0.3) is 0 Å². The third kappa shape index (κ3) is 49.4. The Labute approximate surface area is 279 Å². The molecule has 0 radical (unpaired) electrons. The summed E-state index contributed by atoms with van der Waals surface area (Å²) in [6, 6.07) is 0. The van der Waals surface area contributed by atoms with Gasteiger partial charge in [0.05, 0.1) is 0 Å². The van der Waals surface area contributed by atoms with Crippen molar-refractivity contribution in [1.82, 2.24) is 0 Å². The Morgan fingerprint density at radius 3 is 0.878 bits per heavy atom. The van der Waals surface area contributed by atoms with Crippen LogP contribution in [0.2, 0.25) is 0 Å². The quantitative estimate of drug-likeness (QED) is 0.0498. The zero-order chi connectivity index (χ0) is 29.8. The Balaban J connectivity index is -0.000000328. The minimum absolute atomic E-state index is 0. The second kappa shape index (κ2) is 41.6. The van der Waals surface area contributed by atoms with Crippen LogP contribution in [0.4, 0.5) is 0 Å². The summed E-state index contributed by atoms with van der Waals surface area (Å²) >= 11 is 0. The minimum atomic E-state index is -0.664. The van der Waals surface area contributed by atoms with E-state index in [-0.39, 0.29) is 31.0 Å². The van der Waals surface area contributed by atoms with Crippen molar-refractivity contribution in [3.8, 4) is 0 Å². The van der Waals surface area contributed by atoms with Gasteiger partial charge in [-0.3, -0.25) is 9.59 Å². The van der Waals surface area contributed by atoms with E-state index < -0.39 is 11.9 Å². The number of carbonyl (C=O) groups is 2. The van der Waals surface area contributed by atoms with Crippen molar-refractivity contribution < 1.29 is 50.8 Å². The Hall–Kier alpha value is -0.580. The number of hydrogen-bond donors (Lipinski definition) is 2. The van der Waals surface area contributed by atoms with E-state index in [1.165, 1.54) is 141 Å². The summed E-state index contributed by atoms with van der Waals surface area (Å²) in [5.74, 6) is -1.33. The van der Waals surface area contributed by atoms with Gasteiger partial charge < -0.3 is 11.6 Å². The van der Waals surface area contributed by atoms with Crippen molar-refractivity contribution in [1.29, 1.82) is 0 Å². The first-order chi connectivity index (χ1) is 19.5. The second-order valence-electron chi connectivity index (χ2n) is 11.5. The van der Waals surface area contributed by atoms with E-state index in [4.69, 9.17) is 10.2 Å². The standard InChI is InChI=1S/2C18H34O2.Na.H/c2*1-2-3-4-5-6-7-8-9-10-11-12-13-14-15-16-17-18(19)20;;/h2*9-10H,2-8,11-17H2,1H3,(H,19,20);;/q;;+1;-1/b2*10-9-;;. The molecule has 0 atom stereocenters. The van der Waals surface area contributed by atoms with Crippen molar-refractivity contribution in [2.45, 2.75) is 194 Å². The van der Waals surface area contributed by atoms with Crippen LogP contribution in [0, 0.1) is 0 Å². The van der Waals surface area contributed by atoms with E-state index >= 15 is 0 Å². The van der Waals surface area contributed by atoms with E-state index in [2.05, 4.69) is 38.2 Å². The third-order valence-corrected chi connectivity index (χ3v) is 7.30. The van der Waals surface area contributed by atoms with Crippen molar-refractivity contribution in [2.75, 3.05) is 0 Å². The van der Waals surface area contributed by atoms with Gasteiger partial charge >= 0.3 is 41.5 Å². The van der Waals surface area contributed by atoms with E-state index in [0.717, 1.165) is 25.7 Å². The van der Waals surface area contributed by atoms with Crippen molar-refractivity contribution in [2.24, 2.45) is 0 Å². The zero-order valence-electron chi connectivity index (χ0n) is 28.8. The summed E-state index contributed by atoms with van der Waals surface area (Å²) in [6.07, 6.45) is 42.5. The van der Waals surface area contributed by atoms with Crippen molar-refractivity contribution in [3.05, 3.63) is 24.3 Å². The summed E-state index contributed by atoms with van der Waals surface area (Å²) in [5, 5.41) is 17.0. The number of unbranched alkanes of at least 4 members (excludes halogenated alkanes) is 22. The minimum Gasteiger partial charge on any atom is -1.00 e. The molecule has 0 aromatic heterocycles. The smallest absolute Gasteiger partial charge is 1.00 e. The second-order valence-corrected chi connectivity index (χ2v) is 11.5. The summed E-state index contributed by atoms with van der Waals surface area (Å²) in [6.45, 7) is 4.52. The first-order valence-electron chi connectivity index (χ1n) is 17.3. The van der Waals surface area contributed by atoms with Gasteiger partial charge in [0.15, 0.2) is 0 Å². The summed E-state index contributed by atoms with van der Waals surface area (Å²) in [4.78, 5) is 20.6. The number of allylic oxidation sites excluding steroid dienone is 4. The predicted octanol–water partition coefficient (Wildman–Crippen LogP) is 9.33. The van der Waals surface area contributed by atoms with Gasteiger partial charge in [-0.25, -0.2) is 0 Å². The molecule has 0 amide bonds. The molecule has 0 heterocycles. The topological polar surface area (TPSA) is 74.6 Å². The van der Waals surface area contributed by atoms with Gasteiger partial charge in [-0.2, -0.15) is 0 Å². The average Bonchev–Trinajstić information content (AvgIpc) is 2.93. The van der Waals surface area contributed by atoms with Crippen molar-refractivity contribution >= 4 is 11.9 Å². The molecule has 0 rings (SSSR count). The fraction of sp³-hybridized carbons (Fsp3) is 0.833. The Kier molecular flexibility index (Phi) is 45.5. The van der Waals surface area contributed by atoms with Crippen LogP contribution in [0.1, 0.15) is 195 Å². The number of aliphatic carboxylic acids is 2. The summed E-state index contributed by atoms with van der Waals surface area (Å²) in [5.41, 5.74) is 0. The molecule has 0 aliphatic rings. The zero-order valence-corrected chi connectivity index (χ0v) is 29.8. The molecule has 0 saturated heterocycles. The molecule has 0 fully saturated rings. The molecule has 41 heavy (non-hydrogen) atoms. The van der Waals surface area contributed by atoms with E-state index in [1.807, 2.05) is 0 Å². The molecule has 238 valence electrons. The molecule has 5 heteroatoms. The molecule has 0 aromatic carbocycles. The van der Waals surface area contributed by atoms with Crippen LogP contribution in [-0.2, 0) is 9.59 Å². The first kappa shape index (κ1) is 44.9. The van der Waals surface area contributed by atoms with E-state index in [1.54, 1.807) is 0 Å². The monoisotopic (exact) mass is 589 g/mol. The molecule has 0 aromatic rings. The molecule has 0 bridgehead atoms. The van der Waals surface area contributed by atoms with Crippen LogP contribution in [0.25, 0.3) is 0 Å². The van der Waals surface area contributed by atoms with Gasteiger partial charge in [0, 0.05) is 12.8 Å². The molecule has 0 aliphatic heterocycles. The number of carboxylic acids is 2. The van der Waals surface area contributed by atoms with Gasteiger partial charge in [-0.15, -0.1) is 0 Å². The average molecular weight is 589 g/mol. The molecule has 0 saturated carbocycles. The summed E-state index contributed by atoms with van der Waals surface area (Å²) < 4.78 is 0. The van der Waals surface area contributed by atoms with E-state index in [0.29, 0.717) is 12.8 Å². The van der Waals surface area contributed by atoms with Crippen LogP contribution in [-0.4, -0.2) is 22.2 Å². The Bertz CT molecular complexity index is 531. The first-order valence-corrected chi connectivity index (χ1v) is 17.3. The molecule has 4 nitrogen and oxygen atoms in total. The SMILES string of the molecule is CCCCCCCC/C=C\CCCCCCCC(=O)O.CCCCCCCC/C=C\CCCCCCCC(=O)O.[H-].[Na+]. The van der Waals surface area contributed by atoms with Crippen LogP contribution >= 0.6 is 0 Å². The van der Waals surface area contributed by atoms with Crippen LogP contribution in [0.3, 0.4) is 0 Å². The number of hydrogen-bond acceptors (Lipinski definition) is 2. The maximum absolute atomic E-state index is 10.3. The predicted molar refractivity (Wildman–Crippen MR) is 175 cm³/mol. The molecular formula is C36H69NaO4. The van der Waals surface area contributed by atoms with Gasteiger partial charge in [0.1, 0.15) is 0 Å². The maximum atomic E-state index is 10.3. The molecular weight excluding hydrogens is 519 g/mol. The van der Waals surface area contributed by atoms with Gasteiger partial charge in [-0.1, -0.05) is 141 Å². The number of rotatable bonds is 30. The normalized spacial score (nSPS) is 11.0. The fourth-order valence-corrected chi connectivity index (χ4v) is 4.69. The molecule has 0 spiro atoms. The van der Waals surface area contributed by atoms with Crippen molar-refractivity contribution in [3.63, 3.8) is 0 Å². The third-order valence-electron chi connectivity index (χ3n) is 7.30. The van der Waals surface area contributed by atoms with Crippen LogP contribution in [0.5, 0.6) is 0 Å². The largest absolute Gasteiger partial charge is 1.00 e. The Morgan fingerprint density at radius 1 is 0.415 bits per heavy atom. The van der Waals surface area contributed by atoms with E-state index in [9.17, 15) is 9.59 Å². The molecule has 0 unspecified atom stereocenters. The van der Waals surface area contributed by atoms with Gasteiger partial charge in [-0.05, 0) is 64.2 Å².